The van der Waals surface area contributed by atoms with Crippen LogP contribution in [0.3, 0.4) is 0 Å². The molecule has 0 aliphatic carbocycles. The van der Waals surface area contributed by atoms with Crippen LogP contribution in [0.2, 0.25) is 0 Å². The molecule has 1 N–H and O–H groups in total. The SMILES string of the molecule is CCOC(=O)c1cncc(N2CC(C)NC(C)C2)c1. The van der Waals surface area contributed by atoms with Gasteiger partial charge >= 0.3 is 5.97 Å². The summed E-state index contributed by atoms with van der Waals surface area (Å²) in [4.78, 5) is 18.1. The zero-order valence-electron chi connectivity index (χ0n) is 11.7. The second-order valence-electron chi connectivity index (χ2n) is 5.03. The van der Waals surface area contributed by atoms with E-state index in [-0.39, 0.29) is 5.97 Å². The van der Waals surface area contributed by atoms with Gasteiger partial charge in [0, 0.05) is 31.4 Å². The highest BCUT2D eigenvalue weighted by molar-refractivity contribution is 5.90. The van der Waals surface area contributed by atoms with Gasteiger partial charge in [-0.3, -0.25) is 4.98 Å². The molecule has 19 heavy (non-hydrogen) atoms. The van der Waals surface area contributed by atoms with Crippen LogP contribution < -0.4 is 10.2 Å². The van der Waals surface area contributed by atoms with E-state index in [4.69, 9.17) is 4.74 Å². The molecule has 1 fully saturated rings. The van der Waals surface area contributed by atoms with Crippen LogP contribution in [0, 0.1) is 0 Å². The number of anilines is 1. The summed E-state index contributed by atoms with van der Waals surface area (Å²) in [5.41, 5.74) is 1.49. The number of pyridine rings is 1. The third kappa shape index (κ3) is 3.44. The first kappa shape index (κ1) is 13.8. The topological polar surface area (TPSA) is 54.5 Å². The number of rotatable bonds is 3. The van der Waals surface area contributed by atoms with Gasteiger partial charge in [-0.1, -0.05) is 0 Å². The quantitative estimate of drug-likeness (QED) is 0.836. The highest BCUT2D eigenvalue weighted by Gasteiger charge is 2.22. The smallest absolute Gasteiger partial charge is 0.339 e. The molecule has 104 valence electrons. The Kier molecular flexibility index (Phi) is 4.37. The van der Waals surface area contributed by atoms with E-state index in [1.54, 1.807) is 19.3 Å². The van der Waals surface area contributed by atoms with E-state index in [0.29, 0.717) is 24.3 Å². The Morgan fingerprint density at radius 3 is 2.74 bits per heavy atom. The number of hydrogen-bond acceptors (Lipinski definition) is 5. The average Bonchev–Trinajstić information content (AvgIpc) is 2.38. The highest BCUT2D eigenvalue weighted by Crippen LogP contribution is 2.18. The number of nitrogens with zero attached hydrogens (tertiary/aromatic N) is 2. The van der Waals surface area contributed by atoms with Crippen molar-refractivity contribution in [3.63, 3.8) is 0 Å². The van der Waals surface area contributed by atoms with Crippen molar-refractivity contribution in [2.45, 2.75) is 32.9 Å². The summed E-state index contributed by atoms with van der Waals surface area (Å²) in [5, 5.41) is 3.48. The first-order valence-electron chi connectivity index (χ1n) is 6.73. The Balaban J connectivity index is 2.16. The summed E-state index contributed by atoms with van der Waals surface area (Å²) >= 11 is 0. The second-order valence-corrected chi connectivity index (χ2v) is 5.03. The van der Waals surface area contributed by atoms with E-state index in [1.807, 2.05) is 6.07 Å². The van der Waals surface area contributed by atoms with Crippen molar-refractivity contribution in [2.75, 3.05) is 24.6 Å². The number of ether oxygens (including phenoxy) is 1. The van der Waals surface area contributed by atoms with Gasteiger partial charge in [-0.25, -0.2) is 4.79 Å². The number of piperazine rings is 1. The molecule has 0 radical (unpaired) electrons. The van der Waals surface area contributed by atoms with E-state index in [2.05, 4.69) is 29.0 Å². The minimum Gasteiger partial charge on any atom is -0.462 e. The number of hydrogen-bond donors (Lipinski definition) is 1. The molecule has 0 spiro atoms. The molecular formula is C14H21N3O2. The van der Waals surface area contributed by atoms with Gasteiger partial charge in [-0.15, -0.1) is 0 Å². The molecule has 1 saturated heterocycles. The van der Waals surface area contributed by atoms with Gasteiger partial charge in [0.1, 0.15) is 0 Å². The molecule has 2 rings (SSSR count). The summed E-state index contributed by atoms with van der Waals surface area (Å²) in [7, 11) is 0. The predicted molar refractivity (Wildman–Crippen MR) is 74.5 cm³/mol. The molecule has 1 aliphatic heterocycles. The first-order chi connectivity index (χ1) is 9.10. The summed E-state index contributed by atoms with van der Waals surface area (Å²) in [5.74, 6) is -0.312. The summed E-state index contributed by atoms with van der Waals surface area (Å²) in [6.07, 6.45) is 3.35. The monoisotopic (exact) mass is 263 g/mol. The molecule has 1 aromatic heterocycles. The highest BCUT2D eigenvalue weighted by atomic mass is 16.5. The fraction of sp³-hybridized carbons (Fsp3) is 0.571. The van der Waals surface area contributed by atoms with Crippen molar-refractivity contribution in [3.8, 4) is 0 Å². The lowest BCUT2D eigenvalue weighted by molar-refractivity contribution is 0.0526. The van der Waals surface area contributed by atoms with E-state index in [9.17, 15) is 4.79 Å². The first-order valence-corrected chi connectivity index (χ1v) is 6.73. The molecule has 5 heteroatoms. The van der Waals surface area contributed by atoms with Crippen LogP contribution in [-0.4, -0.2) is 42.7 Å². The molecule has 1 aliphatic rings. The van der Waals surface area contributed by atoms with Crippen LogP contribution in [0.15, 0.2) is 18.5 Å². The maximum atomic E-state index is 11.7. The zero-order valence-corrected chi connectivity index (χ0v) is 11.7. The lowest BCUT2D eigenvalue weighted by Crippen LogP contribution is -2.54. The number of carbonyl (C=O) groups is 1. The zero-order chi connectivity index (χ0) is 13.8. The predicted octanol–water partition coefficient (Wildman–Crippen LogP) is 1.44. The fourth-order valence-electron chi connectivity index (χ4n) is 2.46. The third-order valence-electron chi connectivity index (χ3n) is 3.16. The minimum absolute atomic E-state index is 0.312. The third-order valence-corrected chi connectivity index (χ3v) is 3.16. The van der Waals surface area contributed by atoms with Crippen LogP contribution in [0.1, 0.15) is 31.1 Å². The van der Waals surface area contributed by atoms with Crippen molar-refractivity contribution in [1.29, 1.82) is 0 Å². The Hall–Kier alpha value is -1.62. The normalized spacial score (nSPS) is 23.2. The van der Waals surface area contributed by atoms with Crippen LogP contribution in [-0.2, 0) is 4.74 Å². The van der Waals surface area contributed by atoms with Crippen LogP contribution in [0.5, 0.6) is 0 Å². The largest absolute Gasteiger partial charge is 0.462 e. The van der Waals surface area contributed by atoms with E-state index < -0.39 is 0 Å². The average molecular weight is 263 g/mol. The fourth-order valence-corrected chi connectivity index (χ4v) is 2.46. The summed E-state index contributed by atoms with van der Waals surface area (Å²) in [6, 6.07) is 2.71. The van der Waals surface area contributed by atoms with Crippen LogP contribution >= 0.6 is 0 Å². The molecule has 2 heterocycles. The molecule has 5 nitrogen and oxygen atoms in total. The van der Waals surface area contributed by atoms with Gasteiger partial charge in [0.25, 0.3) is 0 Å². The number of nitrogens with one attached hydrogen (secondary N) is 1. The van der Waals surface area contributed by atoms with E-state index in [1.165, 1.54) is 0 Å². The molecule has 1 aromatic rings. The van der Waals surface area contributed by atoms with Crippen molar-refractivity contribution < 1.29 is 9.53 Å². The number of esters is 1. The molecule has 2 unspecified atom stereocenters. The standard InChI is InChI=1S/C14H21N3O2/c1-4-19-14(18)12-5-13(7-15-6-12)17-8-10(2)16-11(3)9-17/h5-7,10-11,16H,4,8-9H2,1-3H3. The van der Waals surface area contributed by atoms with Crippen molar-refractivity contribution in [1.82, 2.24) is 10.3 Å². The number of aromatic nitrogens is 1. The number of carbonyl (C=O) groups excluding carboxylic acids is 1. The van der Waals surface area contributed by atoms with Crippen molar-refractivity contribution in [3.05, 3.63) is 24.0 Å². The lowest BCUT2D eigenvalue weighted by atomic mass is 10.1. The summed E-state index contributed by atoms with van der Waals surface area (Å²) < 4.78 is 5.00. The van der Waals surface area contributed by atoms with Gasteiger partial charge in [-0.05, 0) is 26.8 Å². The van der Waals surface area contributed by atoms with E-state index in [0.717, 1.165) is 18.8 Å². The van der Waals surface area contributed by atoms with Gasteiger partial charge in [0.15, 0.2) is 0 Å². The van der Waals surface area contributed by atoms with Crippen molar-refractivity contribution in [2.24, 2.45) is 0 Å². The maximum absolute atomic E-state index is 11.7. The second kappa shape index (κ2) is 6.02. The Morgan fingerprint density at radius 1 is 1.42 bits per heavy atom. The minimum atomic E-state index is -0.312. The molecule has 0 bridgehead atoms. The van der Waals surface area contributed by atoms with Crippen LogP contribution in [0.25, 0.3) is 0 Å². The lowest BCUT2D eigenvalue weighted by Gasteiger charge is -2.37. The van der Waals surface area contributed by atoms with Gasteiger partial charge in [0.2, 0.25) is 0 Å². The Bertz CT molecular complexity index is 440. The maximum Gasteiger partial charge on any atom is 0.339 e. The molecule has 0 amide bonds. The van der Waals surface area contributed by atoms with Gasteiger partial charge < -0.3 is 15.0 Å². The summed E-state index contributed by atoms with van der Waals surface area (Å²) in [6.45, 7) is 8.33. The van der Waals surface area contributed by atoms with Crippen molar-refractivity contribution >= 4 is 11.7 Å². The Morgan fingerprint density at radius 2 is 2.11 bits per heavy atom. The molecular weight excluding hydrogens is 242 g/mol. The molecule has 0 aromatic carbocycles. The Labute approximate surface area is 114 Å². The molecule has 0 saturated carbocycles. The van der Waals surface area contributed by atoms with Crippen LogP contribution in [0.4, 0.5) is 5.69 Å². The van der Waals surface area contributed by atoms with Gasteiger partial charge in [-0.2, -0.15) is 0 Å². The van der Waals surface area contributed by atoms with E-state index >= 15 is 0 Å². The van der Waals surface area contributed by atoms with Gasteiger partial charge in [0.05, 0.1) is 24.1 Å². The molecule has 2 atom stereocenters.